The quantitative estimate of drug-likeness (QED) is 0.831. The number of ether oxygens (including phenoxy) is 1. The maximum absolute atomic E-state index is 13.6. The summed E-state index contributed by atoms with van der Waals surface area (Å²) in [5.74, 6) is -1.71. The number of esters is 1. The Morgan fingerprint density at radius 3 is 2.91 bits per heavy atom. The van der Waals surface area contributed by atoms with Crippen LogP contribution in [0.25, 0.3) is 0 Å². The Bertz CT molecular complexity index is 754. The van der Waals surface area contributed by atoms with Crippen molar-refractivity contribution in [2.45, 2.75) is 12.3 Å². The van der Waals surface area contributed by atoms with Crippen molar-refractivity contribution in [3.63, 3.8) is 0 Å². The van der Waals surface area contributed by atoms with Crippen LogP contribution in [0.4, 0.5) is 10.2 Å². The van der Waals surface area contributed by atoms with Crippen molar-refractivity contribution in [2.75, 3.05) is 12.4 Å². The average molecular weight is 324 g/mol. The van der Waals surface area contributed by atoms with Crippen LogP contribution in [0.15, 0.2) is 18.2 Å². The van der Waals surface area contributed by atoms with Gasteiger partial charge in [-0.25, -0.2) is 9.18 Å². The number of H-pyrrole nitrogens is 1. The van der Waals surface area contributed by atoms with Crippen LogP contribution in [0, 0.1) is 5.82 Å². The molecule has 6 nitrogen and oxygen atoms in total. The number of nitrogens with one attached hydrogen (secondary N) is 2. The van der Waals surface area contributed by atoms with Gasteiger partial charge in [0.15, 0.2) is 5.82 Å². The summed E-state index contributed by atoms with van der Waals surface area (Å²) in [6, 6.07) is 4.02. The molecule has 0 radical (unpaired) electrons. The van der Waals surface area contributed by atoms with Crippen molar-refractivity contribution in [2.24, 2.45) is 0 Å². The molecule has 2 heterocycles. The van der Waals surface area contributed by atoms with E-state index in [1.165, 1.54) is 19.2 Å². The number of hydrogen-bond acceptors (Lipinski definition) is 4. The number of aromatic amines is 1. The van der Waals surface area contributed by atoms with E-state index in [-0.39, 0.29) is 28.9 Å². The van der Waals surface area contributed by atoms with Crippen molar-refractivity contribution >= 4 is 29.3 Å². The lowest BCUT2D eigenvalue weighted by molar-refractivity contribution is -0.116. The maximum atomic E-state index is 13.6. The summed E-state index contributed by atoms with van der Waals surface area (Å²) in [4.78, 5) is 23.7. The molecule has 1 amide bonds. The summed E-state index contributed by atoms with van der Waals surface area (Å²) in [5, 5.41) is 9.25. The van der Waals surface area contributed by atoms with Crippen molar-refractivity contribution in [3.05, 3.63) is 45.9 Å². The predicted octanol–water partition coefficient (Wildman–Crippen LogP) is 2.46. The molecule has 114 valence electrons. The first-order valence-corrected chi connectivity index (χ1v) is 6.79. The number of anilines is 1. The van der Waals surface area contributed by atoms with Crippen molar-refractivity contribution < 1.29 is 18.7 Å². The van der Waals surface area contributed by atoms with Crippen LogP contribution < -0.4 is 5.32 Å². The minimum absolute atomic E-state index is 0.0519. The Morgan fingerprint density at radius 2 is 2.23 bits per heavy atom. The second-order valence-corrected chi connectivity index (χ2v) is 5.30. The van der Waals surface area contributed by atoms with Gasteiger partial charge < -0.3 is 10.1 Å². The molecule has 1 unspecified atom stereocenters. The standard InChI is InChI=1S/C14H11ClFN3O3/c1-22-14(21)12-11-9(5-10(20)17-13(11)19-18-12)6-2-7(15)4-8(16)3-6/h2-4,9H,5H2,1H3,(H2,17,18,19,20). The Kier molecular flexibility index (Phi) is 3.58. The third-order valence-electron chi connectivity index (χ3n) is 3.48. The lowest BCUT2D eigenvalue weighted by Crippen LogP contribution is -2.24. The number of amides is 1. The van der Waals surface area contributed by atoms with E-state index < -0.39 is 17.7 Å². The van der Waals surface area contributed by atoms with Crippen LogP contribution in [0.1, 0.15) is 34.0 Å². The number of aromatic nitrogens is 2. The molecule has 2 N–H and O–H groups in total. The largest absolute Gasteiger partial charge is 0.464 e. The second kappa shape index (κ2) is 5.42. The van der Waals surface area contributed by atoms with Crippen LogP contribution in [-0.4, -0.2) is 29.2 Å². The van der Waals surface area contributed by atoms with Gasteiger partial charge in [0.1, 0.15) is 11.5 Å². The molecular weight excluding hydrogens is 313 g/mol. The number of fused-ring (bicyclic) bond motifs is 1. The molecule has 8 heteroatoms. The van der Waals surface area contributed by atoms with E-state index in [0.717, 1.165) is 0 Å². The highest BCUT2D eigenvalue weighted by Gasteiger charge is 2.34. The minimum Gasteiger partial charge on any atom is -0.464 e. The van der Waals surface area contributed by atoms with Gasteiger partial charge in [-0.05, 0) is 23.8 Å². The van der Waals surface area contributed by atoms with Gasteiger partial charge in [0.05, 0.1) is 7.11 Å². The third-order valence-corrected chi connectivity index (χ3v) is 3.69. The highest BCUT2D eigenvalue weighted by molar-refractivity contribution is 6.30. The predicted molar refractivity (Wildman–Crippen MR) is 76.4 cm³/mol. The number of methoxy groups -OCH3 is 1. The molecule has 1 aromatic heterocycles. The number of rotatable bonds is 2. The van der Waals surface area contributed by atoms with Gasteiger partial charge in [-0.2, -0.15) is 5.10 Å². The van der Waals surface area contributed by atoms with Gasteiger partial charge in [-0.3, -0.25) is 9.89 Å². The van der Waals surface area contributed by atoms with Gasteiger partial charge in [0.25, 0.3) is 0 Å². The Hall–Kier alpha value is -2.41. The average Bonchev–Trinajstić information content (AvgIpc) is 2.88. The Labute approximate surface area is 129 Å². The molecule has 0 spiro atoms. The number of carbonyl (C=O) groups excluding carboxylic acids is 2. The fraction of sp³-hybridized carbons (Fsp3) is 0.214. The topological polar surface area (TPSA) is 84.1 Å². The number of nitrogens with zero attached hydrogens (tertiary/aromatic N) is 1. The normalized spacial score (nSPS) is 16.9. The Morgan fingerprint density at radius 1 is 1.45 bits per heavy atom. The van der Waals surface area contributed by atoms with E-state index in [1.807, 2.05) is 0 Å². The summed E-state index contributed by atoms with van der Waals surface area (Å²) in [5.41, 5.74) is 1.09. The summed E-state index contributed by atoms with van der Waals surface area (Å²) < 4.78 is 18.3. The molecule has 0 bridgehead atoms. The van der Waals surface area contributed by atoms with Crippen LogP contribution in [0.5, 0.6) is 0 Å². The van der Waals surface area contributed by atoms with Crippen LogP contribution >= 0.6 is 11.6 Å². The highest BCUT2D eigenvalue weighted by Crippen LogP contribution is 2.39. The molecule has 0 saturated heterocycles. The highest BCUT2D eigenvalue weighted by atomic mass is 35.5. The molecule has 1 aliphatic rings. The van der Waals surface area contributed by atoms with Gasteiger partial charge in [0.2, 0.25) is 5.91 Å². The molecule has 1 atom stereocenters. The second-order valence-electron chi connectivity index (χ2n) is 4.86. The van der Waals surface area contributed by atoms with E-state index in [2.05, 4.69) is 15.5 Å². The van der Waals surface area contributed by atoms with Crippen molar-refractivity contribution in [1.29, 1.82) is 0 Å². The minimum atomic E-state index is -0.614. The number of hydrogen-bond donors (Lipinski definition) is 2. The number of benzene rings is 1. The Balaban J connectivity index is 2.16. The molecular formula is C14H11ClFN3O3. The van der Waals surface area contributed by atoms with Gasteiger partial charge in [-0.1, -0.05) is 11.6 Å². The first-order chi connectivity index (χ1) is 10.5. The first kappa shape index (κ1) is 14.5. The molecule has 2 aromatic rings. The lowest BCUT2D eigenvalue weighted by atomic mass is 9.85. The van der Waals surface area contributed by atoms with E-state index >= 15 is 0 Å². The number of halogens is 2. The van der Waals surface area contributed by atoms with E-state index in [4.69, 9.17) is 16.3 Å². The van der Waals surface area contributed by atoms with E-state index in [0.29, 0.717) is 11.1 Å². The van der Waals surface area contributed by atoms with Crippen LogP contribution in [0.2, 0.25) is 5.02 Å². The summed E-state index contributed by atoms with van der Waals surface area (Å²) in [6.45, 7) is 0. The molecule has 22 heavy (non-hydrogen) atoms. The van der Waals surface area contributed by atoms with Crippen LogP contribution in [-0.2, 0) is 9.53 Å². The molecule has 1 aromatic carbocycles. The monoisotopic (exact) mass is 323 g/mol. The first-order valence-electron chi connectivity index (χ1n) is 6.42. The molecule has 0 fully saturated rings. The van der Waals surface area contributed by atoms with E-state index in [9.17, 15) is 14.0 Å². The van der Waals surface area contributed by atoms with Gasteiger partial charge in [-0.15, -0.1) is 0 Å². The summed E-state index contributed by atoms with van der Waals surface area (Å²) >= 11 is 5.88. The lowest BCUT2D eigenvalue weighted by Gasteiger charge is -2.23. The van der Waals surface area contributed by atoms with Gasteiger partial charge in [0, 0.05) is 22.9 Å². The molecule has 0 saturated carbocycles. The summed E-state index contributed by atoms with van der Waals surface area (Å²) in [6.07, 6.45) is 0.0519. The zero-order valence-corrected chi connectivity index (χ0v) is 12.2. The molecule has 0 aliphatic carbocycles. The SMILES string of the molecule is COC(=O)c1[nH]nc2c1C(c1cc(F)cc(Cl)c1)CC(=O)N2. The van der Waals surface area contributed by atoms with Gasteiger partial charge >= 0.3 is 5.97 Å². The fourth-order valence-electron chi connectivity index (χ4n) is 2.57. The third kappa shape index (κ3) is 2.43. The number of carbonyl (C=O) groups is 2. The fourth-order valence-corrected chi connectivity index (χ4v) is 2.80. The van der Waals surface area contributed by atoms with Crippen molar-refractivity contribution in [1.82, 2.24) is 10.2 Å². The van der Waals surface area contributed by atoms with Crippen molar-refractivity contribution in [3.8, 4) is 0 Å². The molecule has 3 rings (SSSR count). The van der Waals surface area contributed by atoms with Crippen LogP contribution in [0.3, 0.4) is 0 Å². The maximum Gasteiger partial charge on any atom is 0.356 e. The smallest absolute Gasteiger partial charge is 0.356 e. The summed E-state index contributed by atoms with van der Waals surface area (Å²) in [7, 11) is 1.24. The zero-order valence-electron chi connectivity index (χ0n) is 11.4. The zero-order chi connectivity index (χ0) is 15.9. The van der Waals surface area contributed by atoms with E-state index in [1.54, 1.807) is 6.07 Å². The molecule has 1 aliphatic heterocycles.